The molecular formula is C11H16N2O2. The van der Waals surface area contributed by atoms with Crippen molar-refractivity contribution >= 4 is 6.29 Å². The Morgan fingerprint density at radius 2 is 2.53 bits per heavy atom. The topological polar surface area (TPSA) is 46.3 Å². The van der Waals surface area contributed by atoms with Crippen molar-refractivity contribution in [2.45, 2.75) is 38.8 Å². The minimum Gasteiger partial charge on any atom is -0.361 e. The van der Waals surface area contributed by atoms with Crippen molar-refractivity contribution in [3.05, 3.63) is 17.5 Å². The lowest BCUT2D eigenvalue weighted by Crippen LogP contribution is -2.39. The fourth-order valence-electron chi connectivity index (χ4n) is 2.07. The Labute approximate surface area is 89.2 Å². The summed E-state index contributed by atoms with van der Waals surface area (Å²) in [6, 6.07) is 1.99. The average molecular weight is 208 g/mol. The van der Waals surface area contributed by atoms with Gasteiger partial charge in [0.25, 0.3) is 0 Å². The van der Waals surface area contributed by atoms with E-state index >= 15 is 0 Å². The number of rotatable bonds is 3. The Hall–Kier alpha value is -1.16. The number of carbonyl (C=O) groups is 1. The van der Waals surface area contributed by atoms with Crippen LogP contribution >= 0.6 is 0 Å². The third-order valence-corrected chi connectivity index (χ3v) is 2.86. The number of carbonyl (C=O) groups excluding carboxylic acids is 1. The van der Waals surface area contributed by atoms with Gasteiger partial charge >= 0.3 is 0 Å². The van der Waals surface area contributed by atoms with E-state index in [4.69, 9.17) is 4.52 Å². The van der Waals surface area contributed by atoms with Crippen LogP contribution < -0.4 is 0 Å². The highest BCUT2D eigenvalue weighted by Crippen LogP contribution is 2.18. The number of hydrogen-bond donors (Lipinski definition) is 0. The van der Waals surface area contributed by atoms with Gasteiger partial charge in [-0.2, -0.15) is 0 Å². The smallest absolute Gasteiger partial charge is 0.137 e. The monoisotopic (exact) mass is 208 g/mol. The molecule has 1 fully saturated rings. The first-order valence-corrected chi connectivity index (χ1v) is 5.41. The predicted octanol–water partition coefficient (Wildman–Crippen LogP) is 1.54. The molecule has 0 aliphatic carbocycles. The maximum absolute atomic E-state index is 10.9. The molecule has 82 valence electrons. The molecule has 4 heteroatoms. The summed E-state index contributed by atoms with van der Waals surface area (Å²) in [5.41, 5.74) is 0.918. The third-order valence-electron chi connectivity index (χ3n) is 2.86. The molecule has 1 aliphatic rings. The van der Waals surface area contributed by atoms with Gasteiger partial charge in [-0.3, -0.25) is 4.90 Å². The molecule has 0 bridgehead atoms. The molecule has 1 atom stereocenters. The van der Waals surface area contributed by atoms with Crippen LogP contribution in [0.5, 0.6) is 0 Å². The molecule has 0 spiro atoms. The molecule has 1 unspecified atom stereocenters. The van der Waals surface area contributed by atoms with Crippen LogP contribution in [-0.4, -0.2) is 28.9 Å². The molecular weight excluding hydrogens is 192 g/mol. The number of likely N-dealkylation sites (tertiary alicyclic amines) is 1. The molecule has 4 nitrogen and oxygen atoms in total. The highest BCUT2D eigenvalue weighted by atomic mass is 16.5. The Bertz CT molecular complexity index is 335. The highest BCUT2D eigenvalue weighted by molar-refractivity contribution is 5.57. The average Bonchev–Trinajstić information content (AvgIpc) is 2.65. The van der Waals surface area contributed by atoms with Gasteiger partial charge in [-0.1, -0.05) is 11.6 Å². The van der Waals surface area contributed by atoms with Gasteiger partial charge in [0.15, 0.2) is 0 Å². The number of nitrogens with zero attached hydrogens (tertiary/aromatic N) is 2. The molecule has 1 aliphatic heterocycles. The van der Waals surface area contributed by atoms with Gasteiger partial charge in [-0.05, 0) is 26.3 Å². The van der Waals surface area contributed by atoms with E-state index in [0.29, 0.717) is 0 Å². The van der Waals surface area contributed by atoms with E-state index in [1.165, 1.54) is 6.42 Å². The lowest BCUT2D eigenvalue weighted by atomic mass is 10.0. The van der Waals surface area contributed by atoms with Crippen LogP contribution in [0.25, 0.3) is 0 Å². The highest BCUT2D eigenvalue weighted by Gasteiger charge is 2.22. The summed E-state index contributed by atoms with van der Waals surface area (Å²) in [5, 5.41) is 3.95. The van der Waals surface area contributed by atoms with Crippen LogP contribution in [0.15, 0.2) is 10.6 Å². The molecule has 1 saturated heterocycles. The second-order valence-electron chi connectivity index (χ2n) is 4.10. The molecule has 0 radical (unpaired) electrons. The van der Waals surface area contributed by atoms with Crippen LogP contribution in [0.3, 0.4) is 0 Å². The summed E-state index contributed by atoms with van der Waals surface area (Å²) >= 11 is 0. The largest absolute Gasteiger partial charge is 0.361 e. The second kappa shape index (κ2) is 4.57. The van der Waals surface area contributed by atoms with Crippen LogP contribution in [-0.2, 0) is 11.3 Å². The minimum atomic E-state index is 0.0655. The van der Waals surface area contributed by atoms with Gasteiger partial charge in [0.2, 0.25) is 0 Å². The van der Waals surface area contributed by atoms with E-state index in [0.717, 1.165) is 43.7 Å². The number of aromatic nitrogens is 1. The Balaban J connectivity index is 2.00. The second-order valence-corrected chi connectivity index (χ2v) is 4.10. The summed E-state index contributed by atoms with van der Waals surface area (Å²) in [7, 11) is 0. The number of aldehydes is 1. The first-order valence-electron chi connectivity index (χ1n) is 5.41. The van der Waals surface area contributed by atoms with Gasteiger partial charge in [-0.25, -0.2) is 0 Å². The third kappa shape index (κ3) is 2.45. The zero-order valence-electron chi connectivity index (χ0n) is 8.98. The van der Waals surface area contributed by atoms with Crippen LogP contribution in [0.2, 0.25) is 0 Å². The fourth-order valence-corrected chi connectivity index (χ4v) is 2.07. The molecule has 0 saturated carbocycles. The minimum absolute atomic E-state index is 0.0655. The van der Waals surface area contributed by atoms with E-state index in [2.05, 4.69) is 10.1 Å². The van der Waals surface area contributed by atoms with E-state index in [9.17, 15) is 4.79 Å². The maximum atomic E-state index is 10.9. The number of hydrogen-bond acceptors (Lipinski definition) is 4. The quantitative estimate of drug-likeness (QED) is 0.707. The molecule has 1 aromatic heterocycles. The molecule has 15 heavy (non-hydrogen) atoms. The van der Waals surface area contributed by atoms with Crippen molar-refractivity contribution in [3.63, 3.8) is 0 Å². The van der Waals surface area contributed by atoms with Crippen LogP contribution in [0.4, 0.5) is 0 Å². The van der Waals surface area contributed by atoms with Gasteiger partial charge in [0.1, 0.15) is 12.0 Å². The van der Waals surface area contributed by atoms with Gasteiger partial charge in [-0.15, -0.1) is 0 Å². The zero-order chi connectivity index (χ0) is 10.7. The lowest BCUT2D eigenvalue weighted by Gasteiger charge is -2.31. The van der Waals surface area contributed by atoms with E-state index in [1.807, 2.05) is 13.0 Å². The van der Waals surface area contributed by atoms with E-state index < -0.39 is 0 Å². The maximum Gasteiger partial charge on any atom is 0.137 e. The molecule has 1 aromatic rings. The SMILES string of the molecule is Cc1cc(CN2CCCCC2C=O)no1. The van der Waals surface area contributed by atoms with Gasteiger partial charge in [0, 0.05) is 12.6 Å². The van der Waals surface area contributed by atoms with Crippen molar-refractivity contribution in [3.8, 4) is 0 Å². The summed E-state index contributed by atoms with van der Waals surface area (Å²) < 4.78 is 5.01. The standard InChI is InChI=1S/C11H16N2O2/c1-9-6-10(12-15-9)7-13-5-3-2-4-11(13)8-14/h6,8,11H,2-5,7H2,1H3. The predicted molar refractivity (Wildman–Crippen MR) is 55.4 cm³/mol. The van der Waals surface area contributed by atoms with Gasteiger partial charge < -0.3 is 9.32 Å². The normalized spacial score (nSPS) is 22.9. The Morgan fingerprint density at radius 3 is 3.20 bits per heavy atom. The van der Waals surface area contributed by atoms with Crippen molar-refractivity contribution < 1.29 is 9.32 Å². The number of aryl methyl sites for hydroxylation is 1. The van der Waals surface area contributed by atoms with E-state index in [-0.39, 0.29) is 6.04 Å². The Kier molecular flexibility index (Phi) is 3.16. The molecule has 2 heterocycles. The van der Waals surface area contributed by atoms with Gasteiger partial charge in [0.05, 0.1) is 11.7 Å². The lowest BCUT2D eigenvalue weighted by molar-refractivity contribution is -0.113. The first kappa shape index (κ1) is 10.4. The molecule has 0 amide bonds. The summed E-state index contributed by atoms with van der Waals surface area (Å²) in [6.45, 7) is 3.58. The van der Waals surface area contributed by atoms with Crippen molar-refractivity contribution in [2.75, 3.05) is 6.54 Å². The first-order chi connectivity index (χ1) is 7.29. The van der Waals surface area contributed by atoms with E-state index in [1.54, 1.807) is 0 Å². The van der Waals surface area contributed by atoms with Crippen molar-refractivity contribution in [2.24, 2.45) is 0 Å². The van der Waals surface area contributed by atoms with Crippen molar-refractivity contribution in [1.29, 1.82) is 0 Å². The van der Waals surface area contributed by atoms with Crippen molar-refractivity contribution in [1.82, 2.24) is 10.1 Å². The summed E-state index contributed by atoms with van der Waals surface area (Å²) in [4.78, 5) is 13.1. The molecule has 0 aromatic carbocycles. The molecule has 2 rings (SSSR count). The number of piperidine rings is 1. The fraction of sp³-hybridized carbons (Fsp3) is 0.636. The summed E-state index contributed by atoms with van der Waals surface area (Å²) in [6.07, 6.45) is 4.34. The Morgan fingerprint density at radius 1 is 1.67 bits per heavy atom. The zero-order valence-corrected chi connectivity index (χ0v) is 8.98. The molecule has 0 N–H and O–H groups in total. The van der Waals surface area contributed by atoms with Crippen LogP contribution in [0, 0.1) is 6.92 Å². The summed E-state index contributed by atoms with van der Waals surface area (Å²) in [5.74, 6) is 0.824. The van der Waals surface area contributed by atoms with Crippen LogP contribution in [0.1, 0.15) is 30.7 Å².